The van der Waals surface area contributed by atoms with Crippen molar-refractivity contribution >= 4 is 23.1 Å². The van der Waals surface area contributed by atoms with Crippen molar-refractivity contribution in [3.8, 4) is 0 Å². The number of hydrogen-bond acceptors (Lipinski definition) is 5. The molecule has 98 valence electrons. The number of aryl methyl sites for hydroxylation is 1. The molecule has 0 unspecified atom stereocenters. The van der Waals surface area contributed by atoms with Crippen molar-refractivity contribution in [2.24, 2.45) is 0 Å². The summed E-state index contributed by atoms with van der Waals surface area (Å²) < 4.78 is 1.70. The van der Waals surface area contributed by atoms with E-state index >= 15 is 0 Å². The molecule has 0 radical (unpaired) electrons. The number of thiazole rings is 1. The van der Waals surface area contributed by atoms with Crippen LogP contribution >= 0.6 is 23.1 Å². The molecule has 5 nitrogen and oxygen atoms in total. The summed E-state index contributed by atoms with van der Waals surface area (Å²) in [6, 6.07) is 0. The fourth-order valence-electron chi connectivity index (χ4n) is 1.54. The molecule has 2 aromatic heterocycles. The summed E-state index contributed by atoms with van der Waals surface area (Å²) >= 11 is 3.19. The zero-order valence-corrected chi connectivity index (χ0v) is 12.1. The Morgan fingerprint density at radius 3 is 3.06 bits per heavy atom. The van der Waals surface area contributed by atoms with E-state index in [0.29, 0.717) is 0 Å². The fourth-order valence-corrected chi connectivity index (χ4v) is 3.12. The maximum Gasteiger partial charge on any atom is 0.343 e. The van der Waals surface area contributed by atoms with E-state index in [1.54, 1.807) is 27.7 Å². The molecule has 2 aromatic rings. The normalized spacial score (nSPS) is 11.0. The van der Waals surface area contributed by atoms with Gasteiger partial charge < -0.3 is 0 Å². The number of aromatic amines is 1. The van der Waals surface area contributed by atoms with E-state index in [2.05, 4.69) is 22.1 Å². The molecule has 0 fully saturated rings. The molecule has 7 heteroatoms. The van der Waals surface area contributed by atoms with Gasteiger partial charge in [0.15, 0.2) is 5.16 Å². The lowest BCUT2D eigenvalue weighted by molar-refractivity contribution is 0.573. The van der Waals surface area contributed by atoms with Crippen LogP contribution in [-0.4, -0.2) is 19.7 Å². The maximum absolute atomic E-state index is 11.6. The number of H-pyrrole nitrogens is 1. The van der Waals surface area contributed by atoms with E-state index in [1.807, 2.05) is 12.3 Å². The van der Waals surface area contributed by atoms with Crippen LogP contribution in [0.5, 0.6) is 0 Å². The van der Waals surface area contributed by atoms with Crippen LogP contribution < -0.4 is 5.69 Å². The van der Waals surface area contributed by atoms with Gasteiger partial charge in [0, 0.05) is 17.7 Å². The zero-order chi connectivity index (χ0) is 13.0. The number of aromatic nitrogens is 4. The van der Waals surface area contributed by atoms with Crippen molar-refractivity contribution in [1.29, 1.82) is 0 Å². The number of unbranched alkanes of at least 4 members (excludes halogenated alkanes) is 1. The van der Waals surface area contributed by atoms with E-state index in [0.717, 1.165) is 41.0 Å². The van der Waals surface area contributed by atoms with E-state index in [1.165, 1.54) is 0 Å². The van der Waals surface area contributed by atoms with Gasteiger partial charge in [-0.1, -0.05) is 25.1 Å². The molecule has 1 N–H and O–H groups in total. The summed E-state index contributed by atoms with van der Waals surface area (Å²) in [7, 11) is 0. The van der Waals surface area contributed by atoms with Crippen LogP contribution in [0.3, 0.4) is 0 Å². The minimum absolute atomic E-state index is 0.125. The second-order valence-electron chi connectivity index (χ2n) is 3.96. The lowest BCUT2D eigenvalue weighted by Gasteiger charge is -2.03. The SMILES string of the molecule is CCCCn1c(SCc2csc(C)n2)n[nH]c1=O. The first kappa shape index (κ1) is 13.4. The van der Waals surface area contributed by atoms with Crippen molar-refractivity contribution in [3.05, 3.63) is 26.6 Å². The van der Waals surface area contributed by atoms with Crippen molar-refractivity contribution < 1.29 is 0 Å². The van der Waals surface area contributed by atoms with Crippen LogP contribution in [0.4, 0.5) is 0 Å². The Bertz CT molecular complexity index is 557. The first-order chi connectivity index (χ1) is 8.70. The minimum atomic E-state index is -0.125. The molecule has 0 saturated heterocycles. The molecule has 0 spiro atoms. The summed E-state index contributed by atoms with van der Waals surface area (Å²) in [4.78, 5) is 16.0. The van der Waals surface area contributed by atoms with Gasteiger partial charge in [0.1, 0.15) is 0 Å². The predicted molar refractivity (Wildman–Crippen MR) is 74.2 cm³/mol. The molecule has 18 heavy (non-hydrogen) atoms. The molecule has 0 bridgehead atoms. The molecule has 0 aliphatic rings. The fraction of sp³-hybridized carbons (Fsp3) is 0.545. The Morgan fingerprint density at radius 1 is 1.56 bits per heavy atom. The number of thioether (sulfide) groups is 1. The summed E-state index contributed by atoms with van der Waals surface area (Å²) in [5.74, 6) is 0.751. The maximum atomic E-state index is 11.6. The number of nitrogens with one attached hydrogen (secondary N) is 1. The van der Waals surface area contributed by atoms with Crippen LogP contribution in [0.25, 0.3) is 0 Å². The van der Waals surface area contributed by atoms with Crippen LogP contribution in [-0.2, 0) is 12.3 Å². The van der Waals surface area contributed by atoms with Gasteiger partial charge in [-0.15, -0.1) is 16.4 Å². The Balaban J connectivity index is 2.02. The van der Waals surface area contributed by atoms with Gasteiger partial charge >= 0.3 is 5.69 Å². The van der Waals surface area contributed by atoms with Crippen molar-refractivity contribution in [3.63, 3.8) is 0 Å². The van der Waals surface area contributed by atoms with Crippen molar-refractivity contribution in [2.45, 2.75) is 44.1 Å². The molecule has 2 heterocycles. The van der Waals surface area contributed by atoms with E-state index in [4.69, 9.17) is 0 Å². The summed E-state index contributed by atoms with van der Waals surface area (Å²) in [6.45, 7) is 4.82. The lowest BCUT2D eigenvalue weighted by atomic mass is 10.3. The third-order valence-corrected chi connectivity index (χ3v) is 4.31. The highest BCUT2D eigenvalue weighted by atomic mass is 32.2. The van der Waals surface area contributed by atoms with Gasteiger partial charge in [0.25, 0.3) is 0 Å². The predicted octanol–water partition coefficient (Wildman–Crippen LogP) is 2.43. The highest BCUT2D eigenvalue weighted by Crippen LogP contribution is 2.20. The van der Waals surface area contributed by atoms with Crippen LogP contribution in [0.15, 0.2) is 15.3 Å². The van der Waals surface area contributed by atoms with E-state index in [9.17, 15) is 4.79 Å². The second-order valence-corrected chi connectivity index (χ2v) is 5.97. The average molecular weight is 284 g/mol. The standard InChI is InChI=1S/C11H16N4OS2/c1-3-4-5-15-10(16)13-14-11(15)18-7-9-6-17-8(2)12-9/h6H,3-5,7H2,1-2H3,(H,13,16). The topological polar surface area (TPSA) is 63.6 Å². The van der Waals surface area contributed by atoms with Crippen LogP contribution in [0, 0.1) is 6.92 Å². The van der Waals surface area contributed by atoms with Crippen LogP contribution in [0.2, 0.25) is 0 Å². The van der Waals surface area contributed by atoms with Crippen molar-refractivity contribution in [1.82, 2.24) is 19.7 Å². The highest BCUT2D eigenvalue weighted by molar-refractivity contribution is 7.98. The number of hydrogen-bond donors (Lipinski definition) is 1. The van der Waals surface area contributed by atoms with Crippen LogP contribution in [0.1, 0.15) is 30.5 Å². The first-order valence-corrected chi connectivity index (χ1v) is 7.76. The largest absolute Gasteiger partial charge is 0.343 e. The Labute approximate surface area is 114 Å². The second kappa shape index (κ2) is 6.19. The Morgan fingerprint density at radius 2 is 2.39 bits per heavy atom. The smallest absolute Gasteiger partial charge is 0.270 e. The molecule has 0 aromatic carbocycles. The third-order valence-electron chi connectivity index (χ3n) is 2.47. The van der Waals surface area contributed by atoms with Gasteiger partial charge in [-0.2, -0.15) is 0 Å². The lowest BCUT2D eigenvalue weighted by Crippen LogP contribution is -2.17. The molecule has 0 aliphatic heterocycles. The summed E-state index contributed by atoms with van der Waals surface area (Å²) in [5.41, 5.74) is 0.917. The molecule has 0 aliphatic carbocycles. The van der Waals surface area contributed by atoms with E-state index in [-0.39, 0.29) is 5.69 Å². The van der Waals surface area contributed by atoms with Gasteiger partial charge in [-0.25, -0.2) is 14.9 Å². The summed E-state index contributed by atoms with van der Waals surface area (Å²) in [5, 5.41) is 10.4. The van der Waals surface area contributed by atoms with E-state index < -0.39 is 0 Å². The highest BCUT2D eigenvalue weighted by Gasteiger charge is 2.09. The van der Waals surface area contributed by atoms with Crippen molar-refractivity contribution in [2.75, 3.05) is 0 Å². The summed E-state index contributed by atoms with van der Waals surface area (Å²) in [6.07, 6.45) is 2.05. The minimum Gasteiger partial charge on any atom is -0.270 e. The quantitative estimate of drug-likeness (QED) is 0.827. The van der Waals surface area contributed by atoms with Gasteiger partial charge in [-0.3, -0.25) is 4.57 Å². The third kappa shape index (κ3) is 3.23. The first-order valence-electron chi connectivity index (χ1n) is 5.89. The molecular formula is C11H16N4OS2. The number of nitrogens with zero attached hydrogens (tertiary/aromatic N) is 3. The molecular weight excluding hydrogens is 268 g/mol. The zero-order valence-electron chi connectivity index (χ0n) is 10.5. The Hall–Kier alpha value is -1.08. The van der Waals surface area contributed by atoms with Gasteiger partial charge in [-0.05, 0) is 13.3 Å². The molecule has 0 atom stereocenters. The molecule has 0 saturated carbocycles. The average Bonchev–Trinajstić information content (AvgIpc) is 2.91. The van der Waals surface area contributed by atoms with Gasteiger partial charge in [0.05, 0.1) is 10.7 Å². The molecule has 0 amide bonds. The monoisotopic (exact) mass is 284 g/mol. The molecule has 2 rings (SSSR count). The van der Waals surface area contributed by atoms with Gasteiger partial charge in [0.2, 0.25) is 0 Å². The Kier molecular flexibility index (Phi) is 4.60. The number of rotatable bonds is 6.